The summed E-state index contributed by atoms with van der Waals surface area (Å²) in [6.07, 6.45) is 21.4. The number of furan rings is 1. The predicted octanol–water partition coefficient (Wildman–Crippen LogP) is 25.4. The summed E-state index contributed by atoms with van der Waals surface area (Å²) < 4.78 is 38.9. The zero-order valence-electron chi connectivity index (χ0n) is 73.8. The largest absolute Gasteiger partial charge is 0.435 e. The van der Waals surface area contributed by atoms with Gasteiger partial charge in [0.2, 0.25) is 5.71 Å². The van der Waals surface area contributed by atoms with Gasteiger partial charge in [-0.25, -0.2) is 15.0 Å². The molecule has 10 aliphatic rings. The van der Waals surface area contributed by atoms with Crippen LogP contribution in [0.2, 0.25) is 0 Å². The molecule has 19 rings (SSSR count). The molecular formula is C98H131N9O. The summed E-state index contributed by atoms with van der Waals surface area (Å²) in [4.78, 5) is 27.6. The number of benzene rings is 6. The summed E-state index contributed by atoms with van der Waals surface area (Å²) in [6, 6.07) is 52.6. The third-order valence-corrected chi connectivity index (χ3v) is 28.9. The van der Waals surface area contributed by atoms with Crippen molar-refractivity contribution in [3.05, 3.63) is 197 Å². The predicted molar refractivity (Wildman–Crippen MR) is 459 cm³/mol. The summed E-state index contributed by atoms with van der Waals surface area (Å²) in [7, 11) is 0. The highest BCUT2D eigenvalue weighted by molar-refractivity contribution is 6.09. The highest BCUT2D eigenvalue weighted by atomic mass is 16.3. The minimum atomic E-state index is -2.56. The van der Waals surface area contributed by atoms with Crippen molar-refractivity contribution in [1.82, 2.24) is 15.0 Å². The van der Waals surface area contributed by atoms with Gasteiger partial charge < -0.3 is 28.9 Å². The highest BCUT2D eigenvalue weighted by Crippen LogP contribution is 2.70. The first-order valence-electron chi connectivity index (χ1n) is 43.4. The lowest BCUT2D eigenvalue weighted by Crippen LogP contribution is -2.57. The monoisotopic (exact) mass is 1450 g/mol. The van der Waals surface area contributed by atoms with Crippen molar-refractivity contribution < 1.29 is 9.90 Å². The number of aryl methyl sites for hydroxylation is 6. The maximum atomic E-state index is 8.75. The molecule has 4 bridgehead atoms. The Morgan fingerprint density at radius 2 is 0.935 bits per heavy atom. The van der Waals surface area contributed by atoms with Gasteiger partial charge in [-0.15, -0.1) is 0 Å². The Morgan fingerprint density at radius 3 is 1.46 bits per heavy atom. The molecule has 9 aromatic rings. The maximum absolute atomic E-state index is 8.75. The summed E-state index contributed by atoms with van der Waals surface area (Å²) in [5, 5.41) is 1.82. The number of aromatic nitrogens is 3. The summed E-state index contributed by atoms with van der Waals surface area (Å²) in [6.45, 7) is 47.3. The molecule has 2 spiro atoms. The van der Waals surface area contributed by atoms with Crippen LogP contribution in [0.4, 0.5) is 45.8 Å². The van der Waals surface area contributed by atoms with E-state index in [2.05, 4.69) is 281 Å². The first-order chi connectivity index (χ1) is 52.7. The molecule has 108 heavy (non-hydrogen) atoms. The van der Waals surface area contributed by atoms with Crippen molar-refractivity contribution in [2.75, 3.05) is 29.4 Å². The molecule has 8 heterocycles. The number of fused-ring (bicyclic) bond motifs is 5. The molecule has 8 fully saturated rings. The van der Waals surface area contributed by atoms with Crippen LogP contribution in [0, 0.1) is 81.5 Å². The Kier molecular flexibility index (Phi) is 19.1. The standard InChI is InChI=1S/C23H33N.C22H23N5O.C19H29N.C18H21N.C16H25N/c1-15-7-5-6-8-21(15)24-16(2)23(14-22(24,3)4)19-10-17-9-18(12-19)13-20(23)11-17;1-12(2)26-15(5)27(21-20(26)23-10-11-24-21)18-13(3)6-8-16-17-9-7-14(4)25-22(17)28-19(16)18;1-15-10-6-7-11-17(15)20-16(2)19(14-18(20,3)4)12-8-5-9-13-19;1-13-9-5-7-11-16(13)19-14(2)18(3,4)15-10-6-8-12-17(15)19;1-12-9-7-8-10-14(12)17-13(2)15(3,4)11-16(17,5)6/h5-8,16-20H,9-14H2,1-4H3;6-12,15H,1-5H3;6-7,10-11,16H,5,8-9,12-14H2,1-4H3;5-12,14H,1-4H3;7-10,13H,11H2,1-6H3/t16-,17?,18?,19?,20?,23?;15-;16-;14-;13-/m00000/s1/i;1D3,12D;;;/t;12?,15-;;;. The molecule has 6 atom stereocenters. The number of hydrogen-bond donors (Lipinski definition) is 0. The van der Waals surface area contributed by atoms with Crippen molar-refractivity contribution >= 4 is 67.8 Å². The van der Waals surface area contributed by atoms with Gasteiger partial charge in [0, 0.05) is 114 Å². The average Bonchev–Trinajstić information content (AvgIpc) is 1.46. The molecule has 3 aromatic heterocycles. The average molecular weight is 1460 g/mol. The van der Waals surface area contributed by atoms with Crippen LogP contribution in [-0.4, -0.2) is 67.9 Å². The highest BCUT2D eigenvalue weighted by Gasteiger charge is 2.66. The SMILES string of the molecule is Cc1ccccc1N1[C@@H](C)C(C)(C)CC1(C)C.Cc1ccccc1N1[C@@H](C)C2(CC1(C)C)C1CC3CC(C1)CC2C3.Cc1ccccc1N1[C@@H](C)C2(CCCCC2)CC1(C)C.Cc1ccccc1N1c2ccccc2C(C)(C)[C@@H]1C.[2H]C([2H])([2H])C([2H])(C)N1c2nccnc2N(c2c(C)ccc3c2oc2nc(C)ccc23)[C@H]1C. The summed E-state index contributed by atoms with van der Waals surface area (Å²) >= 11 is 0. The van der Waals surface area contributed by atoms with E-state index in [9.17, 15) is 0 Å². The Balaban J connectivity index is 0.000000119. The van der Waals surface area contributed by atoms with Gasteiger partial charge in [0.15, 0.2) is 17.2 Å². The number of anilines is 8. The second-order valence-electron chi connectivity index (χ2n) is 38.0. The van der Waals surface area contributed by atoms with Crippen LogP contribution in [0.3, 0.4) is 0 Å². The fraction of sp³-hybridized carbons (Fsp3) is 0.541. The molecule has 5 saturated carbocycles. The second kappa shape index (κ2) is 28.8. The zero-order chi connectivity index (χ0) is 80.5. The van der Waals surface area contributed by atoms with Crippen molar-refractivity contribution in [1.29, 1.82) is 0 Å². The van der Waals surface area contributed by atoms with Crippen LogP contribution in [0.5, 0.6) is 0 Å². The molecule has 574 valence electrons. The van der Waals surface area contributed by atoms with Crippen LogP contribution in [0.15, 0.2) is 162 Å². The van der Waals surface area contributed by atoms with Crippen LogP contribution < -0.4 is 29.4 Å². The van der Waals surface area contributed by atoms with Crippen molar-refractivity contribution in [2.45, 2.75) is 301 Å². The topological polar surface area (TPSA) is 71.2 Å². The van der Waals surface area contributed by atoms with E-state index >= 15 is 0 Å². The third kappa shape index (κ3) is 13.3. The van der Waals surface area contributed by atoms with E-state index in [0.29, 0.717) is 63.3 Å². The first kappa shape index (κ1) is 71.7. The summed E-state index contributed by atoms with van der Waals surface area (Å²) in [5.74, 6) is 4.98. The molecule has 5 aliphatic heterocycles. The summed E-state index contributed by atoms with van der Waals surface area (Å²) in [5.41, 5.74) is 20.3. The fourth-order valence-electron chi connectivity index (χ4n) is 24.1. The molecule has 0 amide bonds. The normalized spacial score (nSPS) is 28.5. The van der Waals surface area contributed by atoms with Crippen molar-refractivity contribution in [3.8, 4) is 0 Å². The lowest BCUT2D eigenvalue weighted by atomic mass is 9.43. The van der Waals surface area contributed by atoms with Crippen molar-refractivity contribution in [2.24, 2.45) is 39.9 Å². The molecule has 10 nitrogen and oxygen atoms in total. The lowest BCUT2D eigenvalue weighted by Gasteiger charge is -2.62. The minimum absolute atomic E-state index is 0.179. The molecular weight excluding hydrogens is 1320 g/mol. The Hall–Kier alpha value is -7.85. The van der Waals surface area contributed by atoms with E-state index in [0.717, 1.165) is 51.4 Å². The zero-order valence-corrected chi connectivity index (χ0v) is 69.8. The Bertz CT molecular complexity index is 4880. The van der Waals surface area contributed by atoms with E-state index < -0.39 is 19.0 Å². The van der Waals surface area contributed by atoms with E-state index in [-0.39, 0.29) is 22.0 Å². The van der Waals surface area contributed by atoms with Gasteiger partial charge in [-0.3, -0.25) is 4.90 Å². The van der Waals surface area contributed by atoms with Gasteiger partial charge in [0.25, 0.3) is 0 Å². The quantitative estimate of drug-likeness (QED) is 0.161. The second-order valence-corrected chi connectivity index (χ2v) is 38.0. The van der Waals surface area contributed by atoms with Gasteiger partial charge >= 0.3 is 0 Å². The van der Waals surface area contributed by atoms with Gasteiger partial charge in [-0.2, -0.15) is 0 Å². The minimum Gasteiger partial charge on any atom is -0.435 e. The van der Waals surface area contributed by atoms with E-state index in [4.69, 9.17) is 9.90 Å². The lowest BCUT2D eigenvalue weighted by molar-refractivity contribution is -0.113. The van der Waals surface area contributed by atoms with Gasteiger partial charge in [0.05, 0.1) is 7.06 Å². The van der Waals surface area contributed by atoms with Crippen molar-refractivity contribution in [3.63, 3.8) is 0 Å². The molecule has 0 radical (unpaired) electrons. The van der Waals surface area contributed by atoms with Gasteiger partial charge in [-0.05, 0) is 311 Å². The van der Waals surface area contributed by atoms with Gasteiger partial charge in [0.1, 0.15) is 6.17 Å². The molecule has 1 unspecified atom stereocenters. The fourth-order valence-corrected chi connectivity index (χ4v) is 24.1. The van der Waals surface area contributed by atoms with Crippen LogP contribution in [-0.2, 0) is 5.41 Å². The smallest absolute Gasteiger partial charge is 0.227 e. The number of nitrogens with zero attached hydrogens (tertiary/aromatic N) is 9. The number of hydrogen-bond acceptors (Lipinski definition) is 10. The molecule has 5 aliphatic carbocycles. The molecule has 10 heteroatoms. The number of rotatable bonds is 6. The van der Waals surface area contributed by atoms with Crippen LogP contribution in [0.1, 0.15) is 246 Å². The Labute approximate surface area is 656 Å². The van der Waals surface area contributed by atoms with E-state index in [1.807, 2.05) is 49.9 Å². The molecule has 0 N–H and O–H groups in total. The van der Waals surface area contributed by atoms with Gasteiger partial charge in [-0.1, -0.05) is 150 Å². The molecule has 6 aromatic carbocycles. The Morgan fingerprint density at radius 1 is 0.463 bits per heavy atom. The van der Waals surface area contributed by atoms with Crippen LogP contribution in [0.25, 0.3) is 22.1 Å². The van der Waals surface area contributed by atoms with E-state index in [1.165, 1.54) is 151 Å². The molecule has 3 saturated heterocycles. The van der Waals surface area contributed by atoms with Crippen LogP contribution >= 0.6 is 0 Å². The number of para-hydroxylation sites is 5. The number of pyridine rings is 1. The maximum Gasteiger partial charge on any atom is 0.227 e. The van der Waals surface area contributed by atoms with E-state index in [1.54, 1.807) is 12.6 Å². The first-order valence-corrected chi connectivity index (χ1v) is 41.4. The third-order valence-electron chi connectivity index (χ3n) is 28.9.